The molecule has 6 nitrogen and oxygen atoms in total. The van der Waals surface area contributed by atoms with Gasteiger partial charge in [0.25, 0.3) is 0 Å². The minimum Gasteiger partial charge on any atom is -0.480 e. The summed E-state index contributed by atoms with van der Waals surface area (Å²) in [7, 11) is 4.03. The summed E-state index contributed by atoms with van der Waals surface area (Å²) in [5.41, 5.74) is -1.05. The van der Waals surface area contributed by atoms with E-state index in [-0.39, 0.29) is 6.03 Å². The van der Waals surface area contributed by atoms with Gasteiger partial charge in [-0.15, -0.1) is 0 Å². The van der Waals surface area contributed by atoms with Crippen molar-refractivity contribution in [3.8, 4) is 0 Å². The van der Waals surface area contributed by atoms with Crippen LogP contribution in [0.1, 0.15) is 32.6 Å². The van der Waals surface area contributed by atoms with Gasteiger partial charge in [-0.1, -0.05) is 0 Å². The molecule has 0 aromatic heterocycles. The molecule has 0 radical (unpaired) electrons. The first-order chi connectivity index (χ1) is 9.36. The number of carboxylic acids is 1. The monoisotopic (exact) mass is 283 g/mol. The molecule has 2 aliphatic heterocycles. The molecule has 2 unspecified atom stereocenters. The van der Waals surface area contributed by atoms with Crippen LogP contribution >= 0.6 is 0 Å². The Morgan fingerprint density at radius 3 is 2.50 bits per heavy atom. The molecule has 2 aliphatic rings. The highest BCUT2D eigenvalue weighted by molar-refractivity contribution is 5.86. The normalized spacial score (nSPS) is 30.9. The molecule has 2 fully saturated rings. The van der Waals surface area contributed by atoms with Gasteiger partial charge in [-0.3, -0.25) is 0 Å². The summed E-state index contributed by atoms with van der Waals surface area (Å²) in [5, 5.41) is 9.48. The predicted molar refractivity (Wildman–Crippen MR) is 75.7 cm³/mol. The number of hydrogen-bond donors (Lipinski definition) is 1. The molecule has 114 valence electrons. The van der Waals surface area contributed by atoms with Gasteiger partial charge in [-0.25, -0.2) is 9.59 Å². The lowest BCUT2D eigenvalue weighted by atomic mass is 9.89. The molecule has 0 saturated carbocycles. The van der Waals surface area contributed by atoms with Gasteiger partial charge in [0, 0.05) is 25.7 Å². The second-order valence-electron chi connectivity index (χ2n) is 6.32. The SMILES string of the molecule is CN(C)C1CCN(C(=O)N2CCCCC2(C)C(=O)O)C1. The first-order valence-corrected chi connectivity index (χ1v) is 7.32. The molecule has 0 aliphatic carbocycles. The van der Waals surface area contributed by atoms with Gasteiger partial charge in [0.1, 0.15) is 5.54 Å². The summed E-state index contributed by atoms with van der Waals surface area (Å²) in [6, 6.07) is 0.263. The van der Waals surface area contributed by atoms with Crippen molar-refractivity contribution in [3.63, 3.8) is 0 Å². The average molecular weight is 283 g/mol. The number of urea groups is 1. The van der Waals surface area contributed by atoms with Crippen LogP contribution in [-0.2, 0) is 4.79 Å². The van der Waals surface area contributed by atoms with Gasteiger partial charge in [0.2, 0.25) is 0 Å². The van der Waals surface area contributed by atoms with Crippen molar-refractivity contribution in [2.45, 2.75) is 44.2 Å². The zero-order valence-corrected chi connectivity index (χ0v) is 12.6. The van der Waals surface area contributed by atoms with Crippen molar-refractivity contribution in [2.75, 3.05) is 33.7 Å². The van der Waals surface area contributed by atoms with Gasteiger partial charge in [0.05, 0.1) is 0 Å². The quantitative estimate of drug-likeness (QED) is 0.823. The van der Waals surface area contributed by atoms with Gasteiger partial charge < -0.3 is 19.8 Å². The Morgan fingerprint density at radius 1 is 1.25 bits per heavy atom. The summed E-state index contributed by atoms with van der Waals surface area (Å²) >= 11 is 0. The fourth-order valence-corrected chi connectivity index (χ4v) is 3.16. The number of aliphatic carboxylic acids is 1. The van der Waals surface area contributed by atoms with Crippen molar-refractivity contribution in [1.29, 1.82) is 0 Å². The molecule has 0 spiro atoms. The van der Waals surface area contributed by atoms with E-state index in [4.69, 9.17) is 0 Å². The first kappa shape index (κ1) is 15.1. The minimum absolute atomic E-state index is 0.112. The number of piperidine rings is 1. The molecule has 6 heteroatoms. The molecule has 2 saturated heterocycles. The maximum absolute atomic E-state index is 12.7. The number of carbonyl (C=O) groups is 2. The number of amides is 2. The highest BCUT2D eigenvalue weighted by Gasteiger charge is 2.46. The molecule has 0 aromatic carbocycles. The van der Waals surface area contributed by atoms with Crippen LogP contribution in [0.15, 0.2) is 0 Å². The van der Waals surface area contributed by atoms with E-state index in [0.29, 0.717) is 32.1 Å². The molecule has 0 bridgehead atoms. The third kappa shape index (κ3) is 2.61. The van der Waals surface area contributed by atoms with E-state index in [1.165, 1.54) is 0 Å². The number of nitrogens with zero attached hydrogens (tertiary/aromatic N) is 3. The summed E-state index contributed by atoms with van der Waals surface area (Å²) in [4.78, 5) is 29.7. The lowest BCUT2D eigenvalue weighted by Crippen LogP contribution is -2.60. The highest BCUT2D eigenvalue weighted by Crippen LogP contribution is 2.30. The maximum Gasteiger partial charge on any atom is 0.329 e. The van der Waals surface area contributed by atoms with Gasteiger partial charge in [-0.2, -0.15) is 0 Å². The van der Waals surface area contributed by atoms with Crippen molar-refractivity contribution in [2.24, 2.45) is 0 Å². The third-order valence-electron chi connectivity index (χ3n) is 4.75. The van der Waals surface area contributed by atoms with Crippen LogP contribution in [0.25, 0.3) is 0 Å². The largest absolute Gasteiger partial charge is 0.480 e. The molecule has 2 amide bonds. The molecule has 20 heavy (non-hydrogen) atoms. The first-order valence-electron chi connectivity index (χ1n) is 7.32. The number of rotatable bonds is 2. The molecular weight excluding hydrogens is 258 g/mol. The lowest BCUT2D eigenvalue weighted by Gasteiger charge is -2.43. The van der Waals surface area contributed by atoms with Crippen molar-refractivity contribution < 1.29 is 14.7 Å². The molecule has 0 aromatic rings. The Morgan fingerprint density at radius 2 is 1.95 bits per heavy atom. The van der Waals surface area contributed by atoms with E-state index in [1.807, 2.05) is 14.1 Å². The van der Waals surface area contributed by atoms with Gasteiger partial charge >= 0.3 is 12.0 Å². The molecule has 2 atom stereocenters. The van der Waals surface area contributed by atoms with E-state index in [2.05, 4.69) is 4.90 Å². The lowest BCUT2D eigenvalue weighted by molar-refractivity contribution is -0.150. The van der Waals surface area contributed by atoms with Crippen LogP contribution in [0.4, 0.5) is 4.79 Å². The Balaban J connectivity index is 2.09. The summed E-state index contributed by atoms with van der Waals surface area (Å²) < 4.78 is 0. The number of likely N-dealkylation sites (N-methyl/N-ethyl adjacent to an activating group) is 1. The minimum atomic E-state index is -1.05. The van der Waals surface area contributed by atoms with Crippen LogP contribution < -0.4 is 0 Å². The second-order valence-corrected chi connectivity index (χ2v) is 6.32. The summed E-state index contributed by atoms with van der Waals surface area (Å²) in [6.45, 7) is 3.63. The van der Waals surface area contributed by atoms with Crippen LogP contribution in [0.5, 0.6) is 0 Å². The number of hydrogen-bond acceptors (Lipinski definition) is 3. The van der Waals surface area contributed by atoms with E-state index >= 15 is 0 Å². The van der Waals surface area contributed by atoms with Gasteiger partial charge in [0.15, 0.2) is 0 Å². The fraction of sp³-hybridized carbons (Fsp3) is 0.857. The van der Waals surface area contributed by atoms with E-state index in [9.17, 15) is 14.7 Å². The molecular formula is C14H25N3O3. The van der Waals surface area contributed by atoms with Crippen LogP contribution in [0.2, 0.25) is 0 Å². The van der Waals surface area contributed by atoms with Crippen LogP contribution in [0, 0.1) is 0 Å². The molecule has 2 rings (SSSR count). The molecule has 1 N–H and O–H groups in total. The molecule has 2 heterocycles. The van der Waals surface area contributed by atoms with E-state index in [0.717, 1.165) is 19.3 Å². The Hall–Kier alpha value is -1.30. The van der Waals surface area contributed by atoms with Crippen LogP contribution in [0.3, 0.4) is 0 Å². The predicted octanol–water partition coefficient (Wildman–Crippen LogP) is 1.07. The Kier molecular flexibility index (Phi) is 4.22. The highest BCUT2D eigenvalue weighted by atomic mass is 16.4. The maximum atomic E-state index is 12.7. The van der Waals surface area contributed by atoms with Crippen molar-refractivity contribution in [3.05, 3.63) is 0 Å². The standard InChI is InChI=1S/C14H25N3O3/c1-14(12(18)19)7-4-5-8-17(14)13(20)16-9-6-11(10-16)15(2)3/h11H,4-10H2,1-3H3,(H,18,19). The van der Waals surface area contributed by atoms with Crippen LogP contribution in [-0.4, -0.2) is 77.1 Å². The Labute approximate surface area is 120 Å². The van der Waals surface area contributed by atoms with Crippen molar-refractivity contribution in [1.82, 2.24) is 14.7 Å². The zero-order valence-electron chi connectivity index (χ0n) is 12.6. The third-order valence-corrected chi connectivity index (χ3v) is 4.75. The van der Waals surface area contributed by atoms with E-state index < -0.39 is 11.5 Å². The zero-order chi connectivity index (χ0) is 14.9. The van der Waals surface area contributed by atoms with Crippen molar-refractivity contribution >= 4 is 12.0 Å². The number of likely N-dealkylation sites (tertiary alicyclic amines) is 2. The topological polar surface area (TPSA) is 64.1 Å². The number of carboxylic acid groups (broad SMARTS) is 1. The summed E-state index contributed by atoms with van der Waals surface area (Å²) in [6.07, 6.45) is 3.25. The second kappa shape index (κ2) is 5.60. The van der Waals surface area contributed by atoms with E-state index in [1.54, 1.807) is 16.7 Å². The fourth-order valence-electron chi connectivity index (χ4n) is 3.16. The van der Waals surface area contributed by atoms with Gasteiger partial charge in [-0.05, 0) is 46.7 Å². The number of carbonyl (C=O) groups excluding carboxylic acids is 1. The Bertz CT molecular complexity index is 399. The smallest absolute Gasteiger partial charge is 0.329 e. The summed E-state index contributed by atoms with van der Waals surface area (Å²) in [5.74, 6) is -0.895. The average Bonchev–Trinajstić information content (AvgIpc) is 2.88.